The van der Waals surface area contributed by atoms with Gasteiger partial charge in [-0.15, -0.1) is 0 Å². The van der Waals surface area contributed by atoms with E-state index in [2.05, 4.69) is 10.6 Å². The molecular formula is C19H21BN2O5. The third kappa shape index (κ3) is 5.16. The van der Waals surface area contributed by atoms with E-state index in [9.17, 15) is 9.59 Å². The fourth-order valence-corrected chi connectivity index (χ4v) is 2.86. The molecule has 1 unspecified atom stereocenters. The van der Waals surface area contributed by atoms with Crippen LogP contribution in [0.1, 0.15) is 28.8 Å². The molecule has 2 aromatic rings. The van der Waals surface area contributed by atoms with Gasteiger partial charge >= 0.3 is 7.12 Å². The molecule has 0 saturated carbocycles. The number of rotatable bonds is 6. The lowest BCUT2D eigenvalue weighted by atomic mass is 9.80. The lowest BCUT2D eigenvalue weighted by molar-refractivity contribution is -0.124. The van der Waals surface area contributed by atoms with E-state index in [-0.39, 0.29) is 11.8 Å². The van der Waals surface area contributed by atoms with Crippen molar-refractivity contribution in [3.8, 4) is 0 Å². The Morgan fingerprint density at radius 1 is 1.15 bits per heavy atom. The number of anilines is 1. The Balaban J connectivity index is 1.56. The molecule has 1 aliphatic rings. The van der Waals surface area contributed by atoms with Crippen LogP contribution in [0.3, 0.4) is 0 Å². The van der Waals surface area contributed by atoms with E-state index < -0.39 is 13.2 Å². The summed E-state index contributed by atoms with van der Waals surface area (Å²) in [6.07, 6.45) is 1.23. The summed E-state index contributed by atoms with van der Waals surface area (Å²) in [5.41, 5.74) is 2.24. The van der Waals surface area contributed by atoms with Gasteiger partial charge in [-0.1, -0.05) is 24.3 Å². The van der Waals surface area contributed by atoms with E-state index in [0.717, 1.165) is 18.4 Å². The SMILES string of the molecule is O=C(NCc1cccc(NC(=O)C2CCCO2)c1)c1ccc(B(O)O)cc1. The average Bonchev–Trinajstić information content (AvgIpc) is 3.21. The Labute approximate surface area is 157 Å². The number of nitrogens with one attached hydrogen (secondary N) is 2. The molecular weight excluding hydrogens is 347 g/mol. The van der Waals surface area contributed by atoms with Gasteiger partial charge in [0.1, 0.15) is 6.10 Å². The molecule has 1 atom stereocenters. The first-order chi connectivity index (χ1) is 13.0. The fourth-order valence-electron chi connectivity index (χ4n) is 2.86. The molecule has 7 nitrogen and oxygen atoms in total. The topological polar surface area (TPSA) is 108 Å². The second-order valence-electron chi connectivity index (χ2n) is 6.37. The number of hydrogen-bond acceptors (Lipinski definition) is 5. The zero-order chi connectivity index (χ0) is 19.2. The van der Waals surface area contributed by atoms with E-state index in [0.29, 0.717) is 29.9 Å². The van der Waals surface area contributed by atoms with Crippen molar-refractivity contribution >= 4 is 30.1 Å². The van der Waals surface area contributed by atoms with Crippen molar-refractivity contribution in [2.75, 3.05) is 11.9 Å². The second-order valence-corrected chi connectivity index (χ2v) is 6.37. The summed E-state index contributed by atoms with van der Waals surface area (Å²) in [4.78, 5) is 24.3. The highest BCUT2D eigenvalue weighted by molar-refractivity contribution is 6.58. The maximum absolute atomic E-state index is 12.2. The Morgan fingerprint density at radius 3 is 2.59 bits per heavy atom. The maximum Gasteiger partial charge on any atom is 0.488 e. The zero-order valence-corrected chi connectivity index (χ0v) is 14.7. The summed E-state index contributed by atoms with van der Waals surface area (Å²) in [5.74, 6) is -0.428. The summed E-state index contributed by atoms with van der Waals surface area (Å²) in [6, 6.07) is 13.3. The number of hydrogen-bond donors (Lipinski definition) is 4. The number of carbonyl (C=O) groups excluding carboxylic acids is 2. The molecule has 8 heteroatoms. The standard InChI is InChI=1S/C19H21BN2O5/c23-18(14-6-8-15(9-7-14)20(25)26)21-12-13-3-1-4-16(11-13)22-19(24)17-5-2-10-27-17/h1,3-4,6-9,11,17,25-26H,2,5,10,12H2,(H,21,23)(H,22,24). The largest absolute Gasteiger partial charge is 0.488 e. The van der Waals surface area contributed by atoms with Crippen LogP contribution in [0.25, 0.3) is 0 Å². The van der Waals surface area contributed by atoms with Crippen molar-refractivity contribution in [2.24, 2.45) is 0 Å². The molecule has 140 valence electrons. The van der Waals surface area contributed by atoms with Crippen LogP contribution in [0.15, 0.2) is 48.5 Å². The van der Waals surface area contributed by atoms with E-state index in [1.54, 1.807) is 12.1 Å². The van der Waals surface area contributed by atoms with Crippen molar-refractivity contribution in [1.29, 1.82) is 0 Å². The molecule has 1 heterocycles. The van der Waals surface area contributed by atoms with Gasteiger partial charge in [-0.2, -0.15) is 0 Å². The maximum atomic E-state index is 12.2. The van der Waals surface area contributed by atoms with Crippen molar-refractivity contribution in [3.63, 3.8) is 0 Å². The predicted molar refractivity (Wildman–Crippen MR) is 101 cm³/mol. The molecule has 1 aliphatic heterocycles. The van der Waals surface area contributed by atoms with Crippen LogP contribution in [0.2, 0.25) is 0 Å². The van der Waals surface area contributed by atoms with Gasteiger partial charge in [-0.25, -0.2) is 0 Å². The van der Waals surface area contributed by atoms with Crippen LogP contribution in [0.5, 0.6) is 0 Å². The van der Waals surface area contributed by atoms with Crippen LogP contribution in [-0.4, -0.2) is 41.7 Å². The Morgan fingerprint density at radius 2 is 1.93 bits per heavy atom. The van der Waals surface area contributed by atoms with Crippen LogP contribution in [0.4, 0.5) is 5.69 Å². The molecule has 0 radical (unpaired) electrons. The first-order valence-electron chi connectivity index (χ1n) is 8.78. The van der Waals surface area contributed by atoms with Gasteiger partial charge in [0.05, 0.1) is 0 Å². The molecule has 1 saturated heterocycles. The van der Waals surface area contributed by atoms with E-state index >= 15 is 0 Å². The molecule has 0 bridgehead atoms. The van der Waals surface area contributed by atoms with Crippen molar-refractivity contribution in [1.82, 2.24) is 5.32 Å². The first-order valence-corrected chi connectivity index (χ1v) is 8.78. The number of amides is 2. The predicted octanol–water partition coefficient (Wildman–Crippen LogP) is 0.414. The van der Waals surface area contributed by atoms with Crippen LogP contribution >= 0.6 is 0 Å². The third-order valence-corrected chi connectivity index (χ3v) is 4.34. The van der Waals surface area contributed by atoms with E-state index in [1.807, 2.05) is 12.1 Å². The lowest BCUT2D eigenvalue weighted by Crippen LogP contribution is -2.30. The van der Waals surface area contributed by atoms with Gasteiger partial charge in [0.25, 0.3) is 11.8 Å². The highest BCUT2D eigenvalue weighted by atomic mass is 16.5. The van der Waals surface area contributed by atoms with Crippen molar-refractivity contribution in [3.05, 3.63) is 59.7 Å². The van der Waals surface area contributed by atoms with Crippen molar-refractivity contribution < 1.29 is 24.4 Å². The number of carbonyl (C=O) groups is 2. The Kier molecular flexibility index (Phi) is 6.23. The van der Waals surface area contributed by atoms with Gasteiger partial charge in [0, 0.05) is 24.4 Å². The smallest absolute Gasteiger partial charge is 0.423 e. The molecule has 0 aromatic heterocycles. The minimum atomic E-state index is -1.56. The second kappa shape index (κ2) is 8.81. The molecule has 0 aliphatic carbocycles. The Bertz CT molecular complexity index is 804. The molecule has 27 heavy (non-hydrogen) atoms. The molecule has 0 spiro atoms. The normalized spacial score (nSPS) is 16.0. The average molecular weight is 368 g/mol. The van der Waals surface area contributed by atoms with Crippen LogP contribution < -0.4 is 16.1 Å². The van der Waals surface area contributed by atoms with Crippen LogP contribution in [0, 0.1) is 0 Å². The summed E-state index contributed by atoms with van der Waals surface area (Å²) in [7, 11) is -1.56. The molecule has 4 N–H and O–H groups in total. The minimum absolute atomic E-state index is 0.153. The summed E-state index contributed by atoms with van der Waals surface area (Å²) in [5, 5.41) is 23.8. The monoisotopic (exact) mass is 368 g/mol. The number of benzene rings is 2. The van der Waals surface area contributed by atoms with Gasteiger partial charge < -0.3 is 25.4 Å². The molecule has 3 rings (SSSR count). The van der Waals surface area contributed by atoms with Crippen molar-refractivity contribution in [2.45, 2.75) is 25.5 Å². The molecule has 2 aromatic carbocycles. The van der Waals surface area contributed by atoms with Gasteiger partial charge in [-0.05, 0) is 48.1 Å². The lowest BCUT2D eigenvalue weighted by Gasteiger charge is -2.12. The third-order valence-electron chi connectivity index (χ3n) is 4.34. The van der Waals surface area contributed by atoms with E-state index in [1.165, 1.54) is 24.3 Å². The highest BCUT2D eigenvalue weighted by Crippen LogP contribution is 2.16. The molecule has 1 fully saturated rings. The van der Waals surface area contributed by atoms with Gasteiger partial charge in [0.2, 0.25) is 0 Å². The van der Waals surface area contributed by atoms with Gasteiger partial charge in [0.15, 0.2) is 0 Å². The first kappa shape index (κ1) is 19.1. The van der Waals surface area contributed by atoms with E-state index in [4.69, 9.17) is 14.8 Å². The molecule has 2 amide bonds. The number of ether oxygens (including phenoxy) is 1. The van der Waals surface area contributed by atoms with Crippen LogP contribution in [-0.2, 0) is 16.1 Å². The fraction of sp³-hybridized carbons (Fsp3) is 0.263. The zero-order valence-electron chi connectivity index (χ0n) is 14.7. The summed E-state index contributed by atoms with van der Waals surface area (Å²) >= 11 is 0. The minimum Gasteiger partial charge on any atom is -0.423 e. The summed E-state index contributed by atoms with van der Waals surface area (Å²) < 4.78 is 5.37. The summed E-state index contributed by atoms with van der Waals surface area (Å²) in [6.45, 7) is 0.912. The van der Waals surface area contributed by atoms with Gasteiger partial charge in [-0.3, -0.25) is 9.59 Å². The highest BCUT2D eigenvalue weighted by Gasteiger charge is 2.23. The quantitative estimate of drug-likeness (QED) is 0.553. The Hall–Kier alpha value is -2.68.